The van der Waals surface area contributed by atoms with E-state index < -0.39 is 0 Å². The SMILES string of the molecule is CCOc1ccccc1Nc1nc(-c2ccc(OC)c(C)c2)cs1. The second-order valence-electron chi connectivity index (χ2n) is 5.28. The van der Waals surface area contributed by atoms with Crippen molar-refractivity contribution in [3.05, 3.63) is 53.4 Å². The van der Waals surface area contributed by atoms with Gasteiger partial charge in [0.2, 0.25) is 0 Å². The minimum atomic E-state index is 0.632. The first-order valence-corrected chi connectivity index (χ1v) is 8.68. The van der Waals surface area contributed by atoms with Crippen molar-refractivity contribution < 1.29 is 9.47 Å². The second kappa shape index (κ2) is 7.36. The molecule has 0 fully saturated rings. The molecule has 0 aliphatic carbocycles. The summed E-state index contributed by atoms with van der Waals surface area (Å²) in [5, 5.41) is 6.23. The molecular weight excluding hydrogens is 320 g/mol. The van der Waals surface area contributed by atoms with E-state index in [1.54, 1.807) is 18.4 Å². The molecule has 0 aliphatic heterocycles. The van der Waals surface area contributed by atoms with Crippen molar-refractivity contribution in [2.45, 2.75) is 13.8 Å². The second-order valence-corrected chi connectivity index (χ2v) is 6.13. The Kier molecular flexibility index (Phi) is 5.01. The van der Waals surface area contributed by atoms with Gasteiger partial charge in [-0.05, 0) is 49.7 Å². The summed E-state index contributed by atoms with van der Waals surface area (Å²) >= 11 is 1.57. The van der Waals surface area contributed by atoms with E-state index in [0.717, 1.165) is 39.1 Å². The van der Waals surface area contributed by atoms with Crippen molar-refractivity contribution in [3.63, 3.8) is 0 Å². The molecule has 1 heterocycles. The number of methoxy groups -OCH3 is 1. The lowest BCUT2D eigenvalue weighted by Gasteiger charge is -2.10. The largest absolute Gasteiger partial charge is 0.496 e. The molecule has 0 bridgehead atoms. The van der Waals surface area contributed by atoms with Crippen LogP contribution in [0.25, 0.3) is 11.3 Å². The minimum Gasteiger partial charge on any atom is -0.496 e. The van der Waals surface area contributed by atoms with Crippen LogP contribution in [0, 0.1) is 6.92 Å². The van der Waals surface area contributed by atoms with E-state index in [4.69, 9.17) is 9.47 Å². The summed E-state index contributed by atoms with van der Waals surface area (Å²) < 4.78 is 11.0. The smallest absolute Gasteiger partial charge is 0.187 e. The van der Waals surface area contributed by atoms with Gasteiger partial charge >= 0.3 is 0 Å². The lowest BCUT2D eigenvalue weighted by Crippen LogP contribution is -1.97. The number of ether oxygens (including phenoxy) is 2. The van der Waals surface area contributed by atoms with Crippen molar-refractivity contribution in [2.24, 2.45) is 0 Å². The van der Waals surface area contributed by atoms with Crippen LogP contribution in [-0.4, -0.2) is 18.7 Å². The van der Waals surface area contributed by atoms with Gasteiger partial charge in [0.25, 0.3) is 0 Å². The summed E-state index contributed by atoms with van der Waals surface area (Å²) in [6, 6.07) is 14.0. The topological polar surface area (TPSA) is 43.4 Å². The first-order valence-electron chi connectivity index (χ1n) is 7.80. The van der Waals surface area contributed by atoms with E-state index in [-0.39, 0.29) is 0 Å². The fraction of sp³-hybridized carbons (Fsp3) is 0.211. The fourth-order valence-electron chi connectivity index (χ4n) is 2.47. The lowest BCUT2D eigenvalue weighted by molar-refractivity contribution is 0.342. The van der Waals surface area contributed by atoms with E-state index in [0.29, 0.717) is 6.61 Å². The average Bonchev–Trinajstić information content (AvgIpc) is 3.05. The number of hydrogen-bond donors (Lipinski definition) is 1. The number of nitrogens with one attached hydrogen (secondary N) is 1. The summed E-state index contributed by atoms with van der Waals surface area (Å²) in [6.45, 7) is 4.64. The molecule has 0 unspecified atom stereocenters. The zero-order chi connectivity index (χ0) is 16.9. The van der Waals surface area contributed by atoms with E-state index in [9.17, 15) is 0 Å². The molecule has 1 N–H and O–H groups in total. The van der Waals surface area contributed by atoms with Crippen LogP contribution >= 0.6 is 11.3 Å². The first-order chi connectivity index (χ1) is 11.7. The number of thiazole rings is 1. The van der Waals surface area contributed by atoms with Gasteiger partial charge in [-0.25, -0.2) is 4.98 Å². The molecule has 0 atom stereocenters. The average molecular weight is 340 g/mol. The monoisotopic (exact) mass is 340 g/mol. The fourth-order valence-corrected chi connectivity index (χ4v) is 3.20. The Labute approximate surface area is 146 Å². The Morgan fingerprint density at radius 3 is 2.71 bits per heavy atom. The number of rotatable bonds is 6. The van der Waals surface area contributed by atoms with Crippen molar-refractivity contribution in [1.29, 1.82) is 0 Å². The third kappa shape index (κ3) is 3.51. The molecule has 3 aromatic rings. The Hall–Kier alpha value is -2.53. The van der Waals surface area contributed by atoms with E-state index in [1.165, 1.54) is 0 Å². The molecular formula is C19H20N2O2S. The van der Waals surface area contributed by atoms with Crippen LogP contribution in [0.15, 0.2) is 47.8 Å². The quantitative estimate of drug-likeness (QED) is 0.664. The van der Waals surface area contributed by atoms with Gasteiger partial charge in [0.1, 0.15) is 11.5 Å². The van der Waals surface area contributed by atoms with Gasteiger partial charge in [-0.15, -0.1) is 11.3 Å². The van der Waals surface area contributed by atoms with Crippen molar-refractivity contribution >= 4 is 22.2 Å². The van der Waals surface area contributed by atoms with Crippen molar-refractivity contribution in [2.75, 3.05) is 19.0 Å². The lowest BCUT2D eigenvalue weighted by atomic mass is 10.1. The summed E-state index contributed by atoms with van der Waals surface area (Å²) in [5.74, 6) is 1.72. The predicted octanol–water partition coefficient (Wildman–Crippen LogP) is 5.27. The van der Waals surface area contributed by atoms with Gasteiger partial charge < -0.3 is 14.8 Å². The predicted molar refractivity (Wildman–Crippen MR) is 99.7 cm³/mol. The van der Waals surface area contributed by atoms with Crippen LogP contribution in [0.5, 0.6) is 11.5 Å². The van der Waals surface area contributed by atoms with Gasteiger partial charge in [0.05, 0.1) is 25.1 Å². The maximum Gasteiger partial charge on any atom is 0.187 e. The molecule has 24 heavy (non-hydrogen) atoms. The van der Waals surface area contributed by atoms with Crippen LogP contribution in [0.3, 0.4) is 0 Å². The van der Waals surface area contributed by atoms with E-state index >= 15 is 0 Å². The zero-order valence-corrected chi connectivity index (χ0v) is 14.8. The van der Waals surface area contributed by atoms with Crippen LogP contribution in [0.2, 0.25) is 0 Å². The zero-order valence-electron chi connectivity index (χ0n) is 14.0. The molecule has 2 aromatic carbocycles. The molecule has 4 nitrogen and oxygen atoms in total. The first kappa shape index (κ1) is 16.3. The summed E-state index contributed by atoms with van der Waals surface area (Å²) in [7, 11) is 1.68. The van der Waals surface area contributed by atoms with Gasteiger partial charge in [-0.3, -0.25) is 0 Å². The Balaban J connectivity index is 1.82. The molecule has 1 aromatic heterocycles. The molecule has 0 saturated carbocycles. The number of nitrogens with zero attached hydrogens (tertiary/aromatic N) is 1. The van der Waals surface area contributed by atoms with E-state index in [2.05, 4.69) is 16.4 Å². The van der Waals surface area contributed by atoms with Crippen molar-refractivity contribution in [3.8, 4) is 22.8 Å². The molecule has 0 aliphatic rings. The van der Waals surface area contributed by atoms with Crippen LogP contribution in [0.1, 0.15) is 12.5 Å². The third-order valence-electron chi connectivity index (χ3n) is 3.62. The highest BCUT2D eigenvalue weighted by Gasteiger charge is 2.09. The summed E-state index contributed by atoms with van der Waals surface area (Å²) in [6.07, 6.45) is 0. The Morgan fingerprint density at radius 1 is 1.12 bits per heavy atom. The highest BCUT2D eigenvalue weighted by atomic mass is 32.1. The highest BCUT2D eigenvalue weighted by molar-refractivity contribution is 7.14. The molecule has 0 radical (unpaired) electrons. The molecule has 124 valence electrons. The third-order valence-corrected chi connectivity index (χ3v) is 4.38. The van der Waals surface area contributed by atoms with Gasteiger partial charge in [-0.1, -0.05) is 12.1 Å². The van der Waals surface area contributed by atoms with Gasteiger partial charge in [-0.2, -0.15) is 0 Å². The Bertz CT molecular complexity index is 830. The summed E-state index contributed by atoms with van der Waals surface area (Å²) in [4.78, 5) is 4.68. The molecule has 0 amide bonds. The molecule has 3 rings (SSSR count). The molecule has 5 heteroatoms. The number of para-hydroxylation sites is 2. The number of aromatic nitrogens is 1. The minimum absolute atomic E-state index is 0.632. The van der Waals surface area contributed by atoms with Crippen LogP contribution < -0.4 is 14.8 Å². The maximum absolute atomic E-state index is 5.64. The van der Waals surface area contributed by atoms with Crippen LogP contribution in [0.4, 0.5) is 10.8 Å². The standard InChI is InChI=1S/C19H20N2O2S/c1-4-23-18-8-6-5-7-15(18)20-19-21-16(12-24-19)14-9-10-17(22-3)13(2)11-14/h5-12H,4H2,1-3H3,(H,20,21). The number of hydrogen-bond acceptors (Lipinski definition) is 5. The number of anilines is 2. The normalized spacial score (nSPS) is 10.5. The maximum atomic E-state index is 5.64. The van der Waals surface area contributed by atoms with Crippen molar-refractivity contribution in [1.82, 2.24) is 4.98 Å². The summed E-state index contributed by atoms with van der Waals surface area (Å²) in [5.41, 5.74) is 4.04. The van der Waals surface area contributed by atoms with Crippen LogP contribution in [-0.2, 0) is 0 Å². The molecule has 0 spiro atoms. The van der Waals surface area contributed by atoms with E-state index in [1.807, 2.05) is 55.6 Å². The molecule has 0 saturated heterocycles. The van der Waals surface area contributed by atoms with Gasteiger partial charge in [0, 0.05) is 10.9 Å². The van der Waals surface area contributed by atoms with Gasteiger partial charge in [0.15, 0.2) is 5.13 Å². The number of benzene rings is 2. The highest BCUT2D eigenvalue weighted by Crippen LogP contribution is 2.32. The number of aryl methyl sites for hydroxylation is 1. The Morgan fingerprint density at radius 2 is 1.96 bits per heavy atom.